The van der Waals surface area contributed by atoms with Gasteiger partial charge in [0.2, 0.25) is 0 Å². The SMILES string of the molecule is CCNC(C1=CCCCCC1)c1nccn1C. The predicted octanol–water partition coefficient (Wildman–Crippen LogP) is 2.96. The van der Waals surface area contributed by atoms with E-state index in [1.807, 2.05) is 12.4 Å². The molecule has 1 aliphatic rings. The second kappa shape index (κ2) is 6.01. The van der Waals surface area contributed by atoms with E-state index in [1.165, 1.54) is 37.7 Å². The van der Waals surface area contributed by atoms with Gasteiger partial charge in [0.15, 0.2) is 0 Å². The van der Waals surface area contributed by atoms with Gasteiger partial charge in [-0.15, -0.1) is 0 Å². The van der Waals surface area contributed by atoms with Crippen LogP contribution in [0.25, 0.3) is 0 Å². The third-order valence-electron chi connectivity index (χ3n) is 3.47. The molecule has 17 heavy (non-hydrogen) atoms. The van der Waals surface area contributed by atoms with Gasteiger partial charge in [-0.25, -0.2) is 4.98 Å². The lowest BCUT2D eigenvalue weighted by molar-refractivity contribution is 0.547. The minimum absolute atomic E-state index is 0.304. The maximum absolute atomic E-state index is 4.50. The van der Waals surface area contributed by atoms with Gasteiger partial charge in [0.1, 0.15) is 5.82 Å². The molecule has 0 bridgehead atoms. The van der Waals surface area contributed by atoms with Crippen LogP contribution in [0.5, 0.6) is 0 Å². The van der Waals surface area contributed by atoms with Crippen LogP contribution in [-0.2, 0) is 7.05 Å². The van der Waals surface area contributed by atoms with Gasteiger partial charge in [-0.1, -0.05) is 19.4 Å². The summed E-state index contributed by atoms with van der Waals surface area (Å²) < 4.78 is 2.12. The number of allylic oxidation sites excluding steroid dienone is 1. The largest absolute Gasteiger partial charge is 0.336 e. The predicted molar refractivity (Wildman–Crippen MR) is 70.8 cm³/mol. The molecule has 1 heterocycles. The number of nitrogens with one attached hydrogen (secondary N) is 1. The van der Waals surface area contributed by atoms with Gasteiger partial charge in [0.05, 0.1) is 6.04 Å². The fourth-order valence-electron chi connectivity index (χ4n) is 2.55. The smallest absolute Gasteiger partial charge is 0.129 e. The van der Waals surface area contributed by atoms with Gasteiger partial charge < -0.3 is 9.88 Å². The van der Waals surface area contributed by atoms with Crippen LogP contribution in [0.15, 0.2) is 24.0 Å². The van der Waals surface area contributed by atoms with Crippen molar-refractivity contribution in [1.82, 2.24) is 14.9 Å². The summed E-state index contributed by atoms with van der Waals surface area (Å²) in [5, 5.41) is 3.57. The van der Waals surface area contributed by atoms with Gasteiger partial charge in [-0.05, 0) is 37.8 Å². The Hall–Kier alpha value is -1.09. The van der Waals surface area contributed by atoms with E-state index in [9.17, 15) is 0 Å². The fraction of sp³-hybridized carbons (Fsp3) is 0.643. The summed E-state index contributed by atoms with van der Waals surface area (Å²) in [7, 11) is 2.07. The summed E-state index contributed by atoms with van der Waals surface area (Å²) >= 11 is 0. The highest BCUT2D eigenvalue weighted by Crippen LogP contribution is 2.28. The first-order valence-corrected chi connectivity index (χ1v) is 6.72. The molecule has 0 spiro atoms. The summed E-state index contributed by atoms with van der Waals surface area (Å²) in [6.45, 7) is 3.14. The fourth-order valence-corrected chi connectivity index (χ4v) is 2.55. The number of hydrogen-bond acceptors (Lipinski definition) is 2. The minimum Gasteiger partial charge on any atom is -0.336 e. The number of rotatable bonds is 4. The molecule has 0 fully saturated rings. The molecule has 1 atom stereocenters. The average molecular weight is 233 g/mol. The lowest BCUT2D eigenvalue weighted by Crippen LogP contribution is -2.25. The van der Waals surface area contributed by atoms with Gasteiger partial charge in [0, 0.05) is 19.4 Å². The van der Waals surface area contributed by atoms with Crippen LogP contribution >= 0.6 is 0 Å². The van der Waals surface area contributed by atoms with Gasteiger partial charge in [-0.3, -0.25) is 0 Å². The topological polar surface area (TPSA) is 29.9 Å². The molecule has 0 amide bonds. The third kappa shape index (κ3) is 2.97. The molecule has 1 N–H and O–H groups in total. The maximum atomic E-state index is 4.50. The molecule has 3 nitrogen and oxygen atoms in total. The van der Waals surface area contributed by atoms with Crippen molar-refractivity contribution < 1.29 is 0 Å². The summed E-state index contributed by atoms with van der Waals surface area (Å²) in [4.78, 5) is 4.50. The van der Waals surface area contributed by atoms with E-state index >= 15 is 0 Å². The van der Waals surface area contributed by atoms with Crippen molar-refractivity contribution >= 4 is 0 Å². The van der Waals surface area contributed by atoms with Crippen LogP contribution in [0.4, 0.5) is 0 Å². The molecule has 1 unspecified atom stereocenters. The van der Waals surface area contributed by atoms with E-state index in [1.54, 1.807) is 0 Å². The number of imidazole rings is 1. The highest BCUT2D eigenvalue weighted by Gasteiger charge is 2.19. The molecule has 2 rings (SSSR count). The maximum Gasteiger partial charge on any atom is 0.129 e. The van der Waals surface area contributed by atoms with Crippen molar-refractivity contribution in [3.8, 4) is 0 Å². The highest BCUT2D eigenvalue weighted by molar-refractivity contribution is 5.19. The molecule has 0 aromatic carbocycles. The zero-order chi connectivity index (χ0) is 12.1. The Morgan fingerprint density at radius 2 is 2.29 bits per heavy atom. The standard InChI is InChI=1S/C14H23N3/c1-3-15-13(14-16-10-11-17(14)2)12-8-6-4-5-7-9-12/h8,10-11,13,15H,3-7,9H2,1-2H3. The Labute approximate surface area is 104 Å². The molecular weight excluding hydrogens is 210 g/mol. The Balaban J connectivity index is 2.22. The average Bonchev–Trinajstić information content (AvgIpc) is 2.60. The molecule has 0 aliphatic heterocycles. The number of aryl methyl sites for hydroxylation is 1. The third-order valence-corrected chi connectivity index (χ3v) is 3.47. The van der Waals surface area contributed by atoms with Crippen LogP contribution in [0.2, 0.25) is 0 Å². The van der Waals surface area contributed by atoms with E-state index in [4.69, 9.17) is 0 Å². The van der Waals surface area contributed by atoms with Crippen molar-refractivity contribution in [3.63, 3.8) is 0 Å². The van der Waals surface area contributed by atoms with E-state index in [0.29, 0.717) is 6.04 Å². The lowest BCUT2D eigenvalue weighted by Gasteiger charge is -2.20. The zero-order valence-corrected chi connectivity index (χ0v) is 10.9. The Kier molecular flexibility index (Phi) is 4.37. The molecule has 1 aromatic heterocycles. The van der Waals surface area contributed by atoms with Gasteiger partial charge in [0.25, 0.3) is 0 Å². The number of aromatic nitrogens is 2. The molecular formula is C14H23N3. The quantitative estimate of drug-likeness (QED) is 0.810. The highest BCUT2D eigenvalue weighted by atomic mass is 15.1. The number of hydrogen-bond donors (Lipinski definition) is 1. The first-order valence-electron chi connectivity index (χ1n) is 6.72. The van der Waals surface area contributed by atoms with Crippen LogP contribution in [0.3, 0.4) is 0 Å². The van der Waals surface area contributed by atoms with E-state index in [-0.39, 0.29) is 0 Å². The lowest BCUT2D eigenvalue weighted by atomic mass is 10.0. The number of nitrogens with zero attached hydrogens (tertiary/aromatic N) is 2. The summed E-state index contributed by atoms with van der Waals surface area (Å²) in [5.41, 5.74) is 1.53. The molecule has 0 radical (unpaired) electrons. The molecule has 1 aromatic rings. The normalized spacial score (nSPS) is 18.6. The molecule has 0 saturated carbocycles. The first kappa shape index (κ1) is 12.4. The summed E-state index contributed by atoms with van der Waals surface area (Å²) in [6.07, 6.45) is 12.8. The molecule has 1 aliphatic carbocycles. The van der Waals surface area contributed by atoms with Crippen molar-refractivity contribution in [2.75, 3.05) is 6.54 Å². The van der Waals surface area contributed by atoms with Crippen molar-refractivity contribution in [1.29, 1.82) is 0 Å². The van der Waals surface area contributed by atoms with Crippen molar-refractivity contribution in [2.24, 2.45) is 7.05 Å². The second-order valence-corrected chi connectivity index (χ2v) is 4.77. The zero-order valence-electron chi connectivity index (χ0n) is 10.9. The Morgan fingerprint density at radius 3 is 3.00 bits per heavy atom. The Bertz CT molecular complexity index is 379. The van der Waals surface area contributed by atoms with Crippen LogP contribution in [0.1, 0.15) is 50.9 Å². The summed E-state index contributed by atoms with van der Waals surface area (Å²) in [6, 6.07) is 0.304. The second-order valence-electron chi connectivity index (χ2n) is 4.77. The monoisotopic (exact) mass is 233 g/mol. The Morgan fingerprint density at radius 1 is 1.41 bits per heavy atom. The molecule has 0 saturated heterocycles. The van der Waals surface area contributed by atoms with Crippen molar-refractivity contribution in [3.05, 3.63) is 29.9 Å². The van der Waals surface area contributed by atoms with E-state index < -0.39 is 0 Å². The minimum atomic E-state index is 0.304. The van der Waals surface area contributed by atoms with Crippen molar-refractivity contribution in [2.45, 2.75) is 45.1 Å². The summed E-state index contributed by atoms with van der Waals surface area (Å²) in [5.74, 6) is 1.14. The van der Waals surface area contributed by atoms with Crippen LogP contribution in [-0.4, -0.2) is 16.1 Å². The molecule has 3 heteroatoms. The first-order chi connectivity index (χ1) is 8.33. The van der Waals surface area contributed by atoms with Crippen LogP contribution < -0.4 is 5.32 Å². The van der Waals surface area contributed by atoms with Gasteiger partial charge >= 0.3 is 0 Å². The number of likely N-dealkylation sites (N-methyl/N-ethyl adjacent to an activating group) is 1. The van der Waals surface area contributed by atoms with E-state index in [0.717, 1.165) is 12.4 Å². The molecule has 94 valence electrons. The van der Waals surface area contributed by atoms with E-state index in [2.05, 4.69) is 34.9 Å². The van der Waals surface area contributed by atoms with Gasteiger partial charge in [-0.2, -0.15) is 0 Å². The van der Waals surface area contributed by atoms with Crippen LogP contribution in [0, 0.1) is 0 Å².